The summed E-state index contributed by atoms with van der Waals surface area (Å²) in [5.74, 6) is 0. The molecule has 1 fully saturated rings. The monoisotopic (exact) mass is 299 g/mol. The van der Waals surface area contributed by atoms with Gasteiger partial charge in [0.25, 0.3) is 0 Å². The summed E-state index contributed by atoms with van der Waals surface area (Å²) >= 11 is 0. The molecule has 0 bridgehead atoms. The van der Waals surface area contributed by atoms with E-state index in [1.807, 2.05) is 0 Å². The molecule has 0 saturated carbocycles. The number of hydrogen-bond donors (Lipinski definition) is 2. The topological polar surface area (TPSA) is 75.6 Å². The Morgan fingerprint density at radius 3 is 2.60 bits per heavy atom. The van der Waals surface area contributed by atoms with Gasteiger partial charge in [-0.1, -0.05) is 12.1 Å². The highest BCUT2D eigenvalue weighted by Gasteiger charge is 2.17. The fourth-order valence-corrected chi connectivity index (χ4v) is 3.29. The van der Waals surface area contributed by atoms with Crippen molar-refractivity contribution < 1.29 is 18.3 Å². The Labute approximate surface area is 120 Å². The molecule has 5 nitrogen and oxygen atoms in total. The molecule has 0 radical (unpaired) electrons. The lowest BCUT2D eigenvalue weighted by Crippen LogP contribution is -2.29. The number of nitrogens with one attached hydrogen (secondary N) is 1. The van der Waals surface area contributed by atoms with Crippen molar-refractivity contribution in [1.29, 1.82) is 0 Å². The van der Waals surface area contributed by atoms with E-state index in [0.717, 1.165) is 25.9 Å². The zero-order valence-corrected chi connectivity index (χ0v) is 12.2. The molecule has 0 aromatic heterocycles. The summed E-state index contributed by atoms with van der Waals surface area (Å²) in [6.45, 7) is 1.07. The number of benzene rings is 1. The molecule has 1 aliphatic heterocycles. The Morgan fingerprint density at radius 1 is 1.25 bits per heavy atom. The lowest BCUT2D eigenvalue weighted by molar-refractivity contribution is 0.0123. The van der Waals surface area contributed by atoms with Crippen molar-refractivity contribution in [2.75, 3.05) is 13.2 Å². The number of sulfonamides is 1. The Morgan fingerprint density at radius 2 is 2.00 bits per heavy atom. The van der Waals surface area contributed by atoms with Gasteiger partial charge in [-0.2, -0.15) is 0 Å². The van der Waals surface area contributed by atoms with Crippen molar-refractivity contribution >= 4 is 10.0 Å². The van der Waals surface area contributed by atoms with Crippen LogP contribution in [0.3, 0.4) is 0 Å². The van der Waals surface area contributed by atoms with Gasteiger partial charge < -0.3 is 9.84 Å². The van der Waals surface area contributed by atoms with Crippen molar-refractivity contribution in [3.63, 3.8) is 0 Å². The van der Waals surface area contributed by atoms with Gasteiger partial charge in [0.15, 0.2) is 0 Å². The highest BCUT2D eigenvalue weighted by Crippen LogP contribution is 2.16. The largest absolute Gasteiger partial charge is 0.392 e. The van der Waals surface area contributed by atoms with Gasteiger partial charge in [-0.15, -0.1) is 0 Å². The second-order valence-electron chi connectivity index (χ2n) is 4.98. The number of rotatable bonds is 6. The molecule has 1 aromatic carbocycles. The van der Waals surface area contributed by atoms with Crippen molar-refractivity contribution in [1.82, 2.24) is 4.72 Å². The van der Waals surface area contributed by atoms with Gasteiger partial charge >= 0.3 is 0 Å². The smallest absolute Gasteiger partial charge is 0.240 e. The van der Waals surface area contributed by atoms with E-state index in [1.165, 1.54) is 12.1 Å². The predicted molar refractivity (Wildman–Crippen MR) is 75.8 cm³/mol. The normalized spacial score (nSPS) is 19.9. The molecular weight excluding hydrogens is 278 g/mol. The molecule has 0 aliphatic carbocycles. The predicted octanol–water partition coefficient (Wildman–Crippen LogP) is 1.42. The molecule has 2 rings (SSSR count). The van der Waals surface area contributed by atoms with Crippen LogP contribution in [-0.4, -0.2) is 32.8 Å². The van der Waals surface area contributed by atoms with Crippen LogP contribution < -0.4 is 4.72 Å². The molecule has 112 valence electrons. The maximum Gasteiger partial charge on any atom is 0.240 e. The van der Waals surface area contributed by atoms with Gasteiger partial charge in [0.1, 0.15) is 0 Å². The van der Waals surface area contributed by atoms with Crippen LogP contribution in [0.5, 0.6) is 0 Å². The molecule has 6 heteroatoms. The molecule has 1 aromatic rings. The first-order chi connectivity index (χ1) is 9.62. The molecule has 1 unspecified atom stereocenters. The molecule has 1 saturated heterocycles. The van der Waals surface area contributed by atoms with E-state index in [4.69, 9.17) is 9.84 Å². The quantitative estimate of drug-likeness (QED) is 0.833. The third-order valence-corrected chi connectivity index (χ3v) is 4.93. The summed E-state index contributed by atoms with van der Waals surface area (Å²) in [7, 11) is -3.47. The van der Waals surface area contributed by atoms with Crippen LogP contribution >= 0.6 is 0 Å². The maximum absolute atomic E-state index is 12.1. The Bertz CT molecular complexity index is 506. The number of aliphatic hydroxyl groups is 1. The number of aliphatic hydroxyl groups excluding tert-OH is 1. The summed E-state index contributed by atoms with van der Waals surface area (Å²) in [5.41, 5.74) is 0.694. The average molecular weight is 299 g/mol. The van der Waals surface area contributed by atoms with Crippen molar-refractivity contribution in [3.05, 3.63) is 29.8 Å². The van der Waals surface area contributed by atoms with Crippen molar-refractivity contribution in [3.8, 4) is 0 Å². The van der Waals surface area contributed by atoms with Crippen molar-refractivity contribution in [2.24, 2.45) is 0 Å². The lowest BCUT2D eigenvalue weighted by Gasteiger charge is -2.22. The summed E-state index contributed by atoms with van der Waals surface area (Å²) in [5, 5.41) is 8.94. The minimum Gasteiger partial charge on any atom is -0.392 e. The molecular formula is C14H21NO4S. The van der Waals surface area contributed by atoms with Gasteiger partial charge in [-0.25, -0.2) is 13.1 Å². The first-order valence-corrected chi connectivity index (χ1v) is 8.41. The highest BCUT2D eigenvalue weighted by molar-refractivity contribution is 7.89. The molecule has 0 amide bonds. The molecule has 2 N–H and O–H groups in total. The van der Waals surface area contributed by atoms with Gasteiger partial charge in [-0.05, 0) is 43.4 Å². The summed E-state index contributed by atoms with van der Waals surface area (Å²) in [6, 6.07) is 6.23. The Hall–Kier alpha value is -0.950. The summed E-state index contributed by atoms with van der Waals surface area (Å²) < 4.78 is 32.3. The second-order valence-corrected chi connectivity index (χ2v) is 6.74. The first kappa shape index (κ1) is 15.4. The standard InChI is InChI=1S/C14H21NO4S/c16-11-12-4-6-14(7-5-12)20(17,18)15-9-8-13-3-1-2-10-19-13/h4-7,13,15-16H,1-3,8-11H2. The van der Waals surface area contributed by atoms with Crippen LogP contribution in [0, 0.1) is 0 Å². The first-order valence-electron chi connectivity index (χ1n) is 6.93. The van der Waals surface area contributed by atoms with E-state index in [0.29, 0.717) is 18.5 Å². The third kappa shape index (κ3) is 4.28. The number of hydrogen-bond acceptors (Lipinski definition) is 4. The SMILES string of the molecule is O=S(=O)(NCCC1CCCCO1)c1ccc(CO)cc1. The van der Waals surface area contributed by atoms with Crippen LogP contribution in [0.15, 0.2) is 29.2 Å². The minimum absolute atomic E-state index is 0.0905. The van der Waals surface area contributed by atoms with Crippen LogP contribution in [0.4, 0.5) is 0 Å². The Kier molecular flexibility index (Phi) is 5.54. The second kappa shape index (κ2) is 7.17. The zero-order chi connectivity index (χ0) is 14.4. The molecule has 0 spiro atoms. The lowest BCUT2D eigenvalue weighted by atomic mass is 10.1. The molecule has 1 atom stereocenters. The van der Waals surface area contributed by atoms with E-state index in [-0.39, 0.29) is 17.6 Å². The van der Waals surface area contributed by atoms with E-state index in [2.05, 4.69) is 4.72 Å². The fraction of sp³-hybridized carbons (Fsp3) is 0.571. The number of ether oxygens (including phenoxy) is 1. The van der Waals surface area contributed by atoms with Crippen LogP contribution in [0.25, 0.3) is 0 Å². The maximum atomic E-state index is 12.1. The third-order valence-electron chi connectivity index (χ3n) is 3.45. The van der Waals surface area contributed by atoms with Crippen LogP contribution in [0.2, 0.25) is 0 Å². The minimum atomic E-state index is -3.47. The van der Waals surface area contributed by atoms with Crippen molar-refractivity contribution in [2.45, 2.75) is 43.3 Å². The molecule has 20 heavy (non-hydrogen) atoms. The molecule has 1 aliphatic rings. The van der Waals surface area contributed by atoms with Crippen LogP contribution in [-0.2, 0) is 21.4 Å². The van der Waals surface area contributed by atoms with Crippen LogP contribution in [0.1, 0.15) is 31.2 Å². The van der Waals surface area contributed by atoms with E-state index < -0.39 is 10.0 Å². The van der Waals surface area contributed by atoms with Gasteiger partial charge in [-0.3, -0.25) is 0 Å². The highest BCUT2D eigenvalue weighted by atomic mass is 32.2. The Balaban J connectivity index is 1.86. The fourth-order valence-electron chi connectivity index (χ4n) is 2.25. The zero-order valence-electron chi connectivity index (χ0n) is 11.4. The summed E-state index contributed by atoms with van der Waals surface area (Å²) in [6.07, 6.45) is 4.13. The summed E-state index contributed by atoms with van der Waals surface area (Å²) in [4.78, 5) is 0.222. The van der Waals surface area contributed by atoms with E-state index >= 15 is 0 Å². The average Bonchev–Trinajstić information content (AvgIpc) is 2.48. The van der Waals surface area contributed by atoms with E-state index in [1.54, 1.807) is 12.1 Å². The van der Waals surface area contributed by atoms with E-state index in [9.17, 15) is 8.42 Å². The van der Waals surface area contributed by atoms with Gasteiger partial charge in [0.2, 0.25) is 10.0 Å². The molecule has 1 heterocycles. The van der Waals surface area contributed by atoms with Gasteiger partial charge in [0, 0.05) is 13.2 Å². The van der Waals surface area contributed by atoms with Gasteiger partial charge in [0.05, 0.1) is 17.6 Å².